The number of nitrogens with one attached hydrogen (secondary N) is 7. The number of aliphatic imine (C=N–C) groups is 1. The van der Waals surface area contributed by atoms with E-state index < -0.39 is 108 Å². The highest BCUT2D eigenvalue weighted by Crippen LogP contribution is 2.20. The number of carbonyl (C=O) groups excluding carboxylic acids is 9. The molecule has 0 aromatic heterocycles. The average Bonchev–Trinajstić information content (AvgIpc) is 3.68. The van der Waals surface area contributed by atoms with E-state index in [2.05, 4.69) is 42.2 Å². The second-order valence-corrected chi connectivity index (χ2v) is 15.7. The Morgan fingerprint density at radius 2 is 1.31 bits per heavy atom. The largest absolute Gasteiger partial charge is 0.394 e. The standard InChI is InChI=1S/C39H70N12O10/c1-8-13-24(46-35(58)28(20-52)49-33(56)26(18-21(4)5)48-34(57)27(19-30(40)54)45-23(7)53)32(55)50-31(22(6)9-2)37(60)47-25(14-11-16-44-39(41)42)38(61)51-17-12-15-29(51)36(59)43-10-3/h21-22,24-29,31,52H,8-20H2,1-7H3,(H2,40,54)(H,43,59)(H,45,53)(H,46,58)(H,47,60)(H,48,57)(H,49,56)(H,50,55)(H4,41,42,44)/t22-,24-,25-,26+,27-,28-,29-,31-/m0/s1. The molecule has 61 heavy (non-hydrogen) atoms. The molecule has 0 aromatic rings. The summed E-state index contributed by atoms with van der Waals surface area (Å²) in [5.74, 6) is -7.12. The molecule has 22 heteroatoms. The molecule has 1 fully saturated rings. The van der Waals surface area contributed by atoms with Crippen molar-refractivity contribution in [2.24, 2.45) is 34.0 Å². The summed E-state index contributed by atoms with van der Waals surface area (Å²) in [5, 5.41) is 28.2. The molecular weight excluding hydrogens is 797 g/mol. The summed E-state index contributed by atoms with van der Waals surface area (Å²) in [6.07, 6.45) is 1.91. The first-order valence-electron chi connectivity index (χ1n) is 21.0. The van der Waals surface area contributed by atoms with Gasteiger partial charge in [0.05, 0.1) is 13.0 Å². The molecule has 346 valence electrons. The molecule has 1 saturated heterocycles. The van der Waals surface area contributed by atoms with Crippen LogP contribution >= 0.6 is 0 Å². The van der Waals surface area contributed by atoms with E-state index in [9.17, 15) is 48.3 Å². The topological polar surface area (TPSA) is 352 Å². The summed E-state index contributed by atoms with van der Waals surface area (Å²) in [6, 6.07) is -8.45. The lowest BCUT2D eigenvalue weighted by Gasteiger charge is -2.31. The van der Waals surface area contributed by atoms with Gasteiger partial charge in [0.25, 0.3) is 0 Å². The van der Waals surface area contributed by atoms with Gasteiger partial charge in [-0.2, -0.15) is 0 Å². The quantitative estimate of drug-likeness (QED) is 0.0222. The van der Waals surface area contributed by atoms with E-state index in [0.29, 0.717) is 45.2 Å². The van der Waals surface area contributed by atoms with E-state index >= 15 is 0 Å². The van der Waals surface area contributed by atoms with E-state index in [-0.39, 0.29) is 43.6 Å². The fraction of sp³-hybridized carbons (Fsp3) is 0.744. The van der Waals surface area contributed by atoms with Crippen LogP contribution < -0.4 is 54.4 Å². The molecule has 0 aromatic carbocycles. The van der Waals surface area contributed by atoms with Crippen LogP contribution in [0.25, 0.3) is 0 Å². The minimum absolute atomic E-state index is 0.0656. The highest BCUT2D eigenvalue weighted by molar-refractivity contribution is 5.98. The normalized spacial score (nSPS) is 16.9. The fourth-order valence-corrected chi connectivity index (χ4v) is 6.70. The third-order valence-corrected chi connectivity index (χ3v) is 10.0. The lowest BCUT2D eigenvalue weighted by atomic mass is 9.96. The van der Waals surface area contributed by atoms with Crippen molar-refractivity contribution in [3.63, 3.8) is 0 Å². The van der Waals surface area contributed by atoms with Crippen molar-refractivity contribution in [3.8, 4) is 0 Å². The number of likely N-dealkylation sites (N-methyl/N-ethyl adjacent to an activating group) is 1. The molecule has 0 aliphatic carbocycles. The Morgan fingerprint density at radius 3 is 1.85 bits per heavy atom. The monoisotopic (exact) mass is 867 g/mol. The van der Waals surface area contributed by atoms with Crippen molar-refractivity contribution < 1.29 is 48.3 Å². The summed E-state index contributed by atoms with van der Waals surface area (Å²) in [7, 11) is 0. The molecule has 0 radical (unpaired) electrons. The lowest BCUT2D eigenvalue weighted by Crippen LogP contribution is -2.61. The van der Waals surface area contributed by atoms with Crippen molar-refractivity contribution in [2.45, 2.75) is 149 Å². The maximum absolute atomic E-state index is 14.0. The second-order valence-electron chi connectivity index (χ2n) is 15.7. The minimum atomic E-state index is -1.59. The zero-order chi connectivity index (χ0) is 46.4. The van der Waals surface area contributed by atoms with Gasteiger partial charge in [-0.3, -0.25) is 48.1 Å². The first kappa shape index (κ1) is 53.5. The Hall–Kier alpha value is -5.54. The maximum Gasteiger partial charge on any atom is 0.245 e. The number of hydrogen-bond donors (Lipinski definition) is 11. The Morgan fingerprint density at radius 1 is 0.738 bits per heavy atom. The van der Waals surface area contributed by atoms with Gasteiger partial charge in [-0.15, -0.1) is 0 Å². The zero-order valence-electron chi connectivity index (χ0n) is 36.6. The number of guanidine groups is 1. The van der Waals surface area contributed by atoms with E-state index in [0.717, 1.165) is 6.92 Å². The number of rotatable bonds is 27. The molecule has 0 spiro atoms. The van der Waals surface area contributed by atoms with Gasteiger partial charge in [0.1, 0.15) is 42.3 Å². The summed E-state index contributed by atoms with van der Waals surface area (Å²) in [4.78, 5) is 123. The Labute approximate surface area is 357 Å². The first-order valence-corrected chi connectivity index (χ1v) is 21.0. The minimum Gasteiger partial charge on any atom is -0.394 e. The van der Waals surface area contributed by atoms with E-state index in [1.165, 1.54) is 4.90 Å². The average molecular weight is 867 g/mol. The van der Waals surface area contributed by atoms with Crippen molar-refractivity contribution in [1.82, 2.24) is 42.1 Å². The van der Waals surface area contributed by atoms with E-state index in [4.69, 9.17) is 17.2 Å². The molecule has 0 unspecified atom stereocenters. The zero-order valence-corrected chi connectivity index (χ0v) is 36.6. The lowest BCUT2D eigenvalue weighted by molar-refractivity contribution is -0.142. The number of aliphatic hydroxyl groups is 1. The molecule has 0 saturated carbocycles. The van der Waals surface area contributed by atoms with E-state index in [1.54, 1.807) is 34.6 Å². The number of carbonyl (C=O) groups is 9. The number of hydrogen-bond acceptors (Lipinski definition) is 11. The van der Waals surface area contributed by atoms with Crippen LogP contribution in [0.5, 0.6) is 0 Å². The van der Waals surface area contributed by atoms with Crippen molar-refractivity contribution in [3.05, 3.63) is 0 Å². The first-order chi connectivity index (χ1) is 28.7. The summed E-state index contributed by atoms with van der Waals surface area (Å²) in [5.41, 5.74) is 16.2. The van der Waals surface area contributed by atoms with Crippen molar-refractivity contribution in [1.29, 1.82) is 0 Å². The number of primary amides is 1. The van der Waals surface area contributed by atoms with Crippen LogP contribution in [0.2, 0.25) is 0 Å². The van der Waals surface area contributed by atoms with E-state index in [1.807, 2.05) is 6.92 Å². The van der Waals surface area contributed by atoms with Gasteiger partial charge < -0.3 is 64.4 Å². The molecular formula is C39H70N12O10. The fourth-order valence-electron chi connectivity index (χ4n) is 6.70. The summed E-state index contributed by atoms with van der Waals surface area (Å²) < 4.78 is 0. The third-order valence-electron chi connectivity index (χ3n) is 10.0. The van der Waals surface area contributed by atoms with Gasteiger partial charge in [0.2, 0.25) is 53.2 Å². The number of nitrogens with zero attached hydrogens (tertiary/aromatic N) is 2. The van der Waals surface area contributed by atoms with Gasteiger partial charge in [0.15, 0.2) is 5.96 Å². The molecule has 8 atom stereocenters. The van der Waals surface area contributed by atoms with Gasteiger partial charge in [-0.1, -0.05) is 47.5 Å². The molecule has 22 nitrogen and oxygen atoms in total. The Balaban J connectivity index is 3.28. The highest BCUT2D eigenvalue weighted by atomic mass is 16.3. The van der Waals surface area contributed by atoms with Gasteiger partial charge in [-0.25, -0.2) is 0 Å². The van der Waals surface area contributed by atoms with Gasteiger partial charge in [-0.05, 0) is 57.3 Å². The number of amides is 9. The smallest absolute Gasteiger partial charge is 0.245 e. The molecule has 0 bridgehead atoms. The highest BCUT2D eigenvalue weighted by Gasteiger charge is 2.39. The van der Waals surface area contributed by atoms with Crippen LogP contribution in [0.3, 0.4) is 0 Å². The van der Waals surface area contributed by atoms with Gasteiger partial charge in [0, 0.05) is 26.6 Å². The molecule has 14 N–H and O–H groups in total. The number of aliphatic hydroxyl groups excluding tert-OH is 1. The molecule has 1 aliphatic heterocycles. The summed E-state index contributed by atoms with van der Waals surface area (Å²) >= 11 is 0. The number of nitrogens with two attached hydrogens (primary N) is 3. The summed E-state index contributed by atoms with van der Waals surface area (Å²) in [6.45, 7) is 11.7. The Bertz CT molecular complexity index is 1540. The predicted molar refractivity (Wildman–Crippen MR) is 225 cm³/mol. The van der Waals surface area contributed by atoms with Crippen LogP contribution in [-0.2, 0) is 43.2 Å². The van der Waals surface area contributed by atoms with Crippen LogP contribution in [0.4, 0.5) is 0 Å². The SMILES string of the molecule is CCC[C@H](NC(=O)[C@H](CO)NC(=O)[C@@H](CC(C)C)NC(=O)[C@H](CC(N)=O)NC(C)=O)C(=O)N[C@H](C(=O)N[C@@H](CCCN=C(N)N)C(=O)N1CCC[C@H]1C(=O)NCC)[C@@H](C)CC. The van der Waals surface area contributed by atoms with Crippen molar-refractivity contribution in [2.75, 3.05) is 26.2 Å². The van der Waals surface area contributed by atoms with Crippen LogP contribution in [0, 0.1) is 11.8 Å². The van der Waals surface area contributed by atoms with Crippen LogP contribution in [0.1, 0.15) is 106 Å². The van der Waals surface area contributed by atoms with Gasteiger partial charge >= 0.3 is 0 Å². The Kier molecular flexibility index (Phi) is 24.0. The third kappa shape index (κ3) is 18.7. The second kappa shape index (κ2) is 27.3. The maximum atomic E-state index is 14.0. The molecule has 9 amide bonds. The van der Waals surface area contributed by atoms with Crippen molar-refractivity contribution >= 4 is 59.1 Å². The number of likely N-dealkylation sites (tertiary alicyclic amines) is 1. The molecule has 1 heterocycles. The van der Waals surface area contributed by atoms with Crippen LogP contribution in [0.15, 0.2) is 4.99 Å². The molecule has 1 aliphatic rings. The predicted octanol–water partition coefficient (Wildman–Crippen LogP) is -3.14. The van der Waals surface area contributed by atoms with Crippen LogP contribution in [-0.4, -0.2) is 138 Å². The molecule has 1 rings (SSSR count).